The van der Waals surface area contributed by atoms with Gasteiger partial charge < -0.3 is 5.11 Å². The molecule has 2 fully saturated rings. The van der Waals surface area contributed by atoms with E-state index >= 15 is 0 Å². The van der Waals surface area contributed by atoms with Gasteiger partial charge in [-0.3, -0.25) is 4.90 Å². The zero-order valence-corrected chi connectivity index (χ0v) is 9.76. The Balaban J connectivity index is 1.82. The van der Waals surface area contributed by atoms with E-state index in [1.54, 1.807) is 0 Å². The molecule has 0 aliphatic carbocycles. The molecule has 0 aromatic heterocycles. The van der Waals surface area contributed by atoms with Crippen LogP contribution in [0.4, 0.5) is 0 Å². The van der Waals surface area contributed by atoms with Gasteiger partial charge in [0.15, 0.2) is 0 Å². The van der Waals surface area contributed by atoms with E-state index in [0.717, 1.165) is 31.0 Å². The summed E-state index contributed by atoms with van der Waals surface area (Å²) >= 11 is 0. The van der Waals surface area contributed by atoms with Crippen LogP contribution in [-0.4, -0.2) is 29.1 Å². The van der Waals surface area contributed by atoms with Gasteiger partial charge in [-0.25, -0.2) is 0 Å². The average Bonchev–Trinajstić information content (AvgIpc) is 2.29. The van der Waals surface area contributed by atoms with Gasteiger partial charge in [-0.05, 0) is 24.3 Å². The number of nitrogens with zero attached hydrogens (tertiary/aromatic N) is 1. The monoisotopic (exact) mass is 217 g/mol. The van der Waals surface area contributed by atoms with Crippen molar-refractivity contribution >= 4 is 0 Å². The summed E-state index contributed by atoms with van der Waals surface area (Å²) in [6.07, 6.45) is 2.38. The maximum absolute atomic E-state index is 10.7. The first-order chi connectivity index (χ1) is 7.70. The first-order valence-corrected chi connectivity index (χ1v) is 6.22. The van der Waals surface area contributed by atoms with E-state index in [1.165, 1.54) is 6.42 Å². The molecule has 0 saturated carbocycles. The van der Waals surface area contributed by atoms with Crippen LogP contribution in [0.25, 0.3) is 0 Å². The van der Waals surface area contributed by atoms with Crippen molar-refractivity contribution in [1.82, 2.24) is 4.90 Å². The van der Waals surface area contributed by atoms with E-state index in [2.05, 4.69) is 24.0 Å². The van der Waals surface area contributed by atoms with Crippen molar-refractivity contribution in [2.45, 2.75) is 31.4 Å². The molecule has 1 aromatic carbocycles. The van der Waals surface area contributed by atoms with Gasteiger partial charge in [0.2, 0.25) is 0 Å². The fourth-order valence-corrected chi connectivity index (χ4v) is 3.27. The van der Waals surface area contributed by atoms with Crippen molar-refractivity contribution in [2.75, 3.05) is 13.1 Å². The highest BCUT2D eigenvalue weighted by Crippen LogP contribution is 2.44. The van der Waals surface area contributed by atoms with E-state index in [9.17, 15) is 5.11 Å². The van der Waals surface area contributed by atoms with Crippen LogP contribution in [0.2, 0.25) is 0 Å². The van der Waals surface area contributed by atoms with Crippen molar-refractivity contribution < 1.29 is 5.11 Å². The smallest absolute Gasteiger partial charge is 0.118 e. The van der Waals surface area contributed by atoms with Gasteiger partial charge in [0, 0.05) is 19.1 Å². The van der Waals surface area contributed by atoms with Crippen molar-refractivity contribution in [2.24, 2.45) is 5.92 Å². The fraction of sp³-hybridized carbons (Fsp3) is 0.571. The molecule has 2 heterocycles. The van der Waals surface area contributed by atoms with Crippen LogP contribution in [0, 0.1) is 5.92 Å². The van der Waals surface area contributed by atoms with Gasteiger partial charge in [0.25, 0.3) is 0 Å². The van der Waals surface area contributed by atoms with E-state index in [0.29, 0.717) is 6.04 Å². The van der Waals surface area contributed by atoms with Gasteiger partial charge in [-0.1, -0.05) is 37.3 Å². The highest BCUT2D eigenvalue weighted by atomic mass is 16.3. The number of benzene rings is 1. The van der Waals surface area contributed by atoms with E-state index in [4.69, 9.17) is 0 Å². The zero-order valence-electron chi connectivity index (χ0n) is 9.76. The lowest BCUT2D eigenvalue weighted by atomic mass is 9.72. The number of piperidine rings is 1. The molecule has 0 amide bonds. The minimum Gasteiger partial charge on any atom is -0.382 e. The number of hydrogen-bond donors (Lipinski definition) is 1. The summed E-state index contributed by atoms with van der Waals surface area (Å²) in [5, 5.41) is 10.7. The van der Waals surface area contributed by atoms with E-state index in [1.807, 2.05) is 18.2 Å². The largest absolute Gasteiger partial charge is 0.382 e. The number of fused-ring (bicyclic) bond motifs is 1. The average molecular weight is 217 g/mol. The van der Waals surface area contributed by atoms with Gasteiger partial charge in [0.1, 0.15) is 5.60 Å². The molecular formula is C14H19NO. The molecule has 16 heavy (non-hydrogen) atoms. The van der Waals surface area contributed by atoms with Crippen molar-refractivity contribution in [1.29, 1.82) is 0 Å². The summed E-state index contributed by atoms with van der Waals surface area (Å²) in [5.41, 5.74) is 0.507. The molecule has 1 aromatic rings. The van der Waals surface area contributed by atoms with Crippen LogP contribution < -0.4 is 0 Å². The predicted octanol–water partition coefficient (Wildman–Crippen LogP) is 1.99. The Bertz CT molecular complexity index is 378. The third-order valence-electron chi connectivity index (χ3n) is 4.19. The standard InChI is InChI=1S/C14H19NO/c1-11-7-8-13-14(16,10-15(13)9-11)12-5-3-2-4-6-12/h2-6,11,13,16H,7-10H2,1H3/t11-,13-,14+/m1/s1. The highest BCUT2D eigenvalue weighted by molar-refractivity contribution is 5.29. The van der Waals surface area contributed by atoms with Gasteiger partial charge >= 0.3 is 0 Å². The molecular weight excluding hydrogens is 198 g/mol. The molecule has 0 radical (unpaired) electrons. The quantitative estimate of drug-likeness (QED) is 0.777. The van der Waals surface area contributed by atoms with Crippen LogP contribution in [0.1, 0.15) is 25.3 Å². The maximum Gasteiger partial charge on any atom is 0.118 e. The summed E-state index contributed by atoms with van der Waals surface area (Å²) < 4.78 is 0. The second kappa shape index (κ2) is 3.57. The van der Waals surface area contributed by atoms with Crippen LogP contribution in [-0.2, 0) is 5.60 Å². The summed E-state index contributed by atoms with van der Waals surface area (Å²) in [7, 11) is 0. The van der Waals surface area contributed by atoms with Gasteiger partial charge in [-0.15, -0.1) is 0 Å². The van der Waals surface area contributed by atoms with Crippen molar-refractivity contribution in [3.8, 4) is 0 Å². The summed E-state index contributed by atoms with van der Waals surface area (Å²) in [4.78, 5) is 2.43. The first-order valence-electron chi connectivity index (χ1n) is 6.22. The third kappa shape index (κ3) is 1.40. The van der Waals surface area contributed by atoms with Crippen molar-refractivity contribution in [3.63, 3.8) is 0 Å². The number of rotatable bonds is 1. The predicted molar refractivity (Wildman–Crippen MR) is 64.1 cm³/mol. The van der Waals surface area contributed by atoms with Crippen molar-refractivity contribution in [3.05, 3.63) is 35.9 Å². The molecule has 86 valence electrons. The Labute approximate surface area is 96.9 Å². The second-order valence-electron chi connectivity index (χ2n) is 5.42. The summed E-state index contributed by atoms with van der Waals surface area (Å²) in [6, 6.07) is 10.5. The Hall–Kier alpha value is -0.860. The minimum absolute atomic E-state index is 0.353. The molecule has 2 aliphatic heterocycles. The van der Waals surface area contributed by atoms with Crippen LogP contribution >= 0.6 is 0 Å². The highest BCUT2D eigenvalue weighted by Gasteiger charge is 2.53. The first kappa shape index (κ1) is 10.3. The molecule has 2 nitrogen and oxygen atoms in total. The Kier molecular flexibility index (Phi) is 2.30. The molecule has 0 bridgehead atoms. The molecule has 2 heteroatoms. The van der Waals surface area contributed by atoms with E-state index < -0.39 is 5.60 Å². The van der Waals surface area contributed by atoms with Crippen LogP contribution in [0.15, 0.2) is 30.3 Å². The lowest BCUT2D eigenvalue weighted by Crippen LogP contribution is -2.69. The SMILES string of the molecule is C[C@@H]1CC[C@H]2N(C1)C[C@]2(O)c1ccccc1. The van der Waals surface area contributed by atoms with Crippen LogP contribution in [0.5, 0.6) is 0 Å². The number of hydrogen-bond acceptors (Lipinski definition) is 2. The Morgan fingerprint density at radius 1 is 1.25 bits per heavy atom. The zero-order chi connectivity index (χ0) is 11.2. The summed E-state index contributed by atoms with van der Waals surface area (Å²) in [5.74, 6) is 0.788. The maximum atomic E-state index is 10.7. The number of aliphatic hydroxyl groups is 1. The fourth-order valence-electron chi connectivity index (χ4n) is 3.27. The topological polar surface area (TPSA) is 23.5 Å². The molecule has 0 spiro atoms. The second-order valence-corrected chi connectivity index (χ2v) is 5.42. The third-order valence-corrected chi connectivity index (χ3v) is 4.19. The Morgan fingerprint density at radius 3 is 2.69 bits per heavy atom. The van der Waals surface area contributed by atoms with Gasteiger partial charge in [-0.2, -0.15) is 0 Å². The minimum atomic E-state index is -0.582. The van der Waals surface area contributed by atoms with E-state index in [-0.39, 0.29) is 0 Å². The molecule has 0 unspecified atom stereocenters. The lowest BCUT2D eigenvalue weighted by molar-refractivity contribution is -0.179. The molecule has 2 saturated heterocycles. The lowest BCUT2D eigenvalue weighted by Gasteiger charge is -2.58. The molecule has 3 atom stereocenters. The van der Waals surface area contributed by atoms with Gasteiger partial charge in [0.05, 0.1) is 0 Å². The summed E-state index contributed by atoms with van der Waals surface area (Å²) in [6.45, 7) is 4.27. The molecule has 1 N–H and O–H groups in total. The van der Waals surface area contributed by atoms with Crippen LogP contribution in [0.3, 0.4) is 0 Å². The Morgan fingerprint density at radius 2 is 2.00 bits per heavy atom. The molecule has 2 aliphatic rings. The molecule has 3 rings (SSSR count). The normalized spacial score (nSPS) is 38.9.